The predicted molar refractivity (Wildman–Crippen MR) is 47.9 cm³/mol. The minimum Gasteiger partial charge on any atom is -0.433 e. The molecule has 0 aliphatic rings. The molecule has 0 bridgehead atoms. The van der Waals surface area contributed by atoms with Crippen LogP contribution >= 0.6 is 0 Å². The Hall–Kier alpha value is 1.24. The van der Waals surface area contributed by atoms with Gasteiger partial charge in [-0.3, -0.25) is 0 Å². The molecular formula is C4H15O3Si3Ti-. The molecule has 0 aromatic heterocycles. The molecule has 0 spiro atoms. The van der Waals surface area contributed by atoms with Crippen LogP contribution in [-0.4, -0.2) is 43.7 Å². The van der Waals surface area contributed by atoms with Crippen LogP contribution in [0.5, 0.6) is 0 Å². The molecule has 3 nitrogen and oxygen atoms in total. The van der Waals surface area contributed by atoms with Crippen molar-refractivity contribution < 1.29 is 36.1 Å². The molecule has 0 atom stereocenters. The van der Waals surface area contributed by atoms with Gasteiger partial charge in [0, 0.05) is 21.7 Å². The summed E-state index contributed by atoms with van der Waals surface area (Å²) in [6.07, 6.45) is 0. The van der Waals surface area contributed by atoms with Crippen molar-refractivity contribution in [3.63, 3.8) is 0 Å². The average molecular weight is 243 g/mol. The second-order valence-corrected chi connectivity index (χ2v) is 6.51. The summed E-state index contributed by atoms with van der Waals surface area (Å²) < 4.78 is 0. The van der Waals surface area contributed by atoms with Gasteiger partial charge in [0.2, 0.25) is 21.0 Å². The monoisotopic (exact) mass is 243 g/mol. The maximum atomic E-state index is 8.66. The van der Waals surface area contributed by atoms with Gasteiger partial charge in [-0.1, -0.05) is 0 Å². The van der Waals surface area contributed by atoms with Crippen molar-refractivity contribution in [2.75, 3.05) is 0 Å². The van der Waals surface area contributed by atoms with Crippen LogP contribution in [0.25, 0.3) is 0 Å². The Kier molecular flexibility index (Phi) is 60.3. The van der Waals surface area contributed by atoms with E-state index in [0.717, 1.165) is 0 Å². The molecule has 6 radical (unpaired) electrons. The summed E-state index contributed by atoms with van der Waals surface area (Å²) in [4.78, 5) is 22.3. The zero-order valence-corrected chi connectivity index (χ0v) is 11.9. The molecule has 0 aromatic carbocycles. The van der Waals surface area contributed by atoms with Gasteiger partial charge < -0.3 is 21.8 Å². The summed E-state index contributed by atoms with van der Waals surface area (Å²) in [5.41, 5.74) is 0. The molecule has 0 heterocycles. The molecule has 0 unspecified atom stereocenters. The minimum atomic E-state index is -1.61. The molecule has 0 rings (SSSR count). The van der Waals surface area contributed by atoms with Crippen molar-refractivity contribution in [2.24, 2.45) is 0 Å². The summed E-state index contributed by atoms with van der Waals surface area (Å²) in [5, 5.41) is 0. The Balaban J connectivity index is -0.0000000178. The fraction of sp³-hybridized carbons (Fsp3) is 0.750. The standard InChI is InChI=1S/C3H10OSi.CH3.2HOSi.Ti/c1-5(2,3)4;;2*1-2;/h4H,1-3H3;1H3;2*1H;/q;-1;;;. The van der Waals surface area contributed by atoms with E-state index < -0.39 is 8.32 Å². The third-order valence-corrected chi connectivity index (χ3v) is 0. The van der Waals surface area contributed by atoms with Crippen molar-refractivity contribution in [3.05, 3.63) is 7.43 Å². The maximum Gasteiger partial charge on any atom is 0.240 e. The first-order chi connectivity index (χ1) is 4.00. The fourth-order valence-electron chi connectivity index (χ4n) is 0. The van der Waals surface area contributed by atoms with Gasteiger partial charge in [-0.05, 0) is 19.6 Å². The van der Waals surface area contributed by atoms with E-state index in [-0.39, 0.29) is 29.1 Å². The molecule has 0 fully saturated rings. The predicted octanol–water partition coefficient (Wildman–Crippen LogP) is -0.614. The summed E-state index contributed by atoms with van der Waals surface area (Å²) in [5.74, 6) is 0. The Bertz CT molecular complexity index is 36.1. The van der Waals surface area contributed by atoms with E-state index in [1.165, 1.54) is 0 Å². The van der Waals surface area contributed by atoms with E-state index in [1.54, 1.807) is 0 Å². The molecular weight excluding hydrogens is 228 g/mol. The molecule has 3 N–H and O–H groups in total. The average Bonchev–Trinajstić information content (AvgIpc) is 1.72. The first kappa shape index (κ1) is 29.5. The second-order valence-electron chi connectivity index (χ2n) is 2.17. The Morgan fingerprint density at radius 3 is 0.909 bits per heavy atom. The van der Waals surface area contributed by atoms with Gasteiger partial charge in [0.15, 0.2) is 8.32 Å². The van der Waals surface area contributed by atoms with Crippen LogP contribution in [0.4, 0.5) is 0 Å². The van der Waals surface area contributed by atoms with Crippen molar-refractivity contribution in [2.45, 2.75) is 19.6 Å². The number of hydrogen-bond acceptors (Lipinski definition) is 3. The summed E-state index contributed by atoms with van der Waals surface area (Å²) >= 11 is 0. The zero-order chi connectivity index (χ0) is 8.50. The van der Waals surface area contributed by atoms with E-state index in [0.29, 0.717) is 0 Å². The third-order valence-electron chi connectivity index (χ3n) is 0. The first-order valence-corrected chi connectivity index (χ1v) is 6.51. The molecule has 66 valence electrons. The van der Waals surface area contributed by atoms with Gasteiger partial charge in [-0.2, -0.15) is 0 Å². The van der Waals surface area contributed by atoms with Crippen molar-refractivity contribution >= 4 is 29.3 Å². The molecule has 11 heavy (non-hydrogen) atoms. The van der Waals surface area contributed by atoms with Gasteiger partial charge in [0.05, 0.1) is 0 Å². The van der Waals surface area contributed by atoms with E-state index in [4.69, 9.17) is 14.4 Å². The summed E-state index contributed by atoms with van der Waals surface area (Å²) in [6.45, 7) is 5.65. The van der Waals surface area contributed by atoms with Crippen LogP contribution in [0.1, 0.15) is 0 Å². The molecule has 0 amide bonds. The molecule has 0 saturated carbocycles. The van der Waals surface area contributed by atoms with Crippen LogP contribution in [0.3, 0.4) is 0 Å². The van der Waals surface area contributed by atoms with Crippen LogP contribution in [-0.2, 0) is 21.7 Å². The van der Waals surface area contributed by atoms with E-state index in [9.17, 15) is 0 Å². The Labute approximate surface area is 92.3 Å². The zero-order valence-electron chi connectivity index (χ0n) is 7.34. The van der Waals surface area contributed by atoms with Crippen LogP contribution in [0.2, 0.25) is 19.6 Å². The molecule has 0 aliphatic carbocycles. The topological polar surface area (TPSA) is 60.7 Å². The summed E-state index contributed by atoms with van der Waals surface area (Å²) in [6, 6.07) is 0. The largest absolute Gasteiger partial charge is 0.433 e. The van der Waals surface area contributed by atoms with Gasteiger partial charge in [-0.25, -0.2) is 0 Å². The van der Waals surface area contributed by atoms with Crippen LogP contribution in [0, 0.1) is 7.43 Å². The van der Waals surface area contributed by atoms with Gasteiger partial charge in [0.25, 0.3) is 0 Å². The van der Waals surface area contributed by atoms with Crippen molar-refractivity contribution in [1.82, 2.24) is 0 Å². The molecule has 0 saturated heterocycles. The van der Waals surface area contributed by atoms with E-state index in [2.05, 4.69) is 0 Å². The van der Waals surface area contributed by atoms with Gasteiger partial charge in [0.1, 0.15) is 0 Å². The number of rotatable bonds is 0. The van der Waals surface area contributed by atoms with Gasteiger partial charge >= 0.3 is 0 Å². The third kappa shape index (κ3) is 620. The van der Waals surface area contributed by atoms with Crippen LogP contribution < -0.4 is 0 Å². The molecule has 0 aromatic rings. The number of hydrogen-bond donors (Lipinski definition) is 3. The summed E-state index contributed by atoms with van der Waals surface area (Å²) in [7, 11) is 2.33. The minimum absolute atomic E-state index is 0. The van der Waals surface area contributed by atoms with Crippen molar-refractivity contribution in [3.8, 4) is 0 Å². The quantitative estimate of drug-likeness (QED) is 0.393. The van der Waals surface area contributed by atoms with E-state index in [1.807, 2.05) is 40.6 Å². The van der Waals surface area contributed by atoms with Crippen LogP contribution in [0.15, 0.2) is 0 Å². The van der Waals surface area contributed by atoms with Gasteiger partial charge in [-0.15, -0.1) is 0 Å². The van der Waals surface area contributed by atoms with Crippen molar-refractivity contribution in [1.29, 1.82) is 0 Å². The maximum absolute atomic E-state index is 8.66. The normalized spacial score (nSPS) is 6.55. The SMILES string of the molecule is C[Si](C)(C)O.O[Si].O[Si].[CH3-].[Ti]. The fourth-order valence-corrected chi connectivity index (χ4v) is 0. The Morgan fingerprint density at radius 2 is 0.909 bits per heavy atom. The molecule has 0 aliphatic heterocycles. The first-order valence-electron chi connectivity index (χ1n) is 2.17. The molecule has 7 heteroatoms. The smallest absolute Gasteiger partial charge is 0.240 e. The van der Waals surface area contributed by atoms with E-state index >= 15 is 0 Å². The Morgan fingerprint density at radius 1 is 0.909 bits per heavy atom. The second kappa shape index (κ2) is 22.5.